The van der Waals surface area contributed by atoms with E-state index in [1.54, 1.807) is 12.3 Å². The minimum absolute atomic E-state index is 0.0179. The smallest absolute Gasteiger partial charge is 0.264 e. The van der Waals surface area contributed by atoms with Crippen LogP contribution in [0.15, 0.2) is 53.3 Å². The van der Waals surface area contributed by atoms with Gasteiger partial charge >= 0.3 is 0 Å². The highest BCUT2D eigenvalue weighted by atomic mass is 16.5. The molecule has 5 rings (SSSR count). The monoisotopic (exact) mass is 420 g/mol. The summed E-state index contributed by atoms with van der Waals surface area (Å²) in [5.41, 5.74) is 1.76. The van der Waals surface area contributed by atoms with Crippen LogP contribution in [0.25, 0.3) is 0 Å². The van der Waals surface area contributed by atoms with Gasteiger partial charge in [-0.05, 0) is 30.7 Å². The molecule has 0 saturated carbocycles. The maximum Gasteiger partial charge on any atom is 0.264 e. The van der Waals surface area contributed by atoms with Crippen LogP contribution in [0.3, 0.4) is 0 Å². The number of rotatable bonds is 5. The van der Waals surface area contributed by atoms with Gasteiger partial charge < -0.3 is 23.9 Å². The van der Waals surface area contributed by atoms with Crippen molar-refractivity contribution in [3.8, 4) is 5.75 Å². The number of hydrogen-bond donors (Lipinski definition) is 1. The Bertz CT molecular complexity index is 1080. The standard InChI is InChI=1S/C23H24N4O4/c1-15-22-25-17(12-21(28)24-13-18-6-4-10-30-18)14-26(22)8-9-27(15)23(29)20-11-16-5-2-3-7-19(16)31-20/h2-7,10,14-15,20H,8-9,11-13H2,1H3,(H,24,28). The van der Waals surface area contributed by atoms with Gasteiger partial charge in [-0.3, -0.25) is 9.59 Å². The third-order valence-corrected chi connectivity index (χ3v) is 5.87. The second-order valence-electron chi connectivity index (χ2n) is 7.94. The fourth-order valence-corrected chi connectivity index (χ4v) is 4.26. The Hall–Kier alpha value is -3.55. The lowest BCUT2D eigenvalue weighted by molar-refractivity contribution is -0.141. The van der Waals surface area contributed by atoms with Gasteiger partial charge in [-0.2, -0.15) is 0 Å². The Morgan fingerprint density at radius 3 is 2.87 bits per heavy atom. The van der Waals surface area contributed by atoms with Gasteiger partial charge in [0.25, 0.3) is 5.91 Å². The van der Waals surface area contributed by atoms with E-state index in [9.17, 15) is 9.59 Å². The molecule has 0 radical (unpaired) electrons. The van der Waals surface area contributed by atoms with E-state index < -0.39 is 6.10 Å². The number of hydrogen-bond acceptors (Lipinski definition) is 5. The molecule has 8 heteroatoms. The van der Waals surface area contributed by atoms with Gasteiger partial charge in [0.15, 0.2) is 6.10 Å². The van der Waals surface area contributed by atoms with E-state index in [0.29, 0.717) is 37.5 Å². The molecule has 160 valence electrons. The van der Waals surface area contributed by atoms with E-state index >= 15 is 0 Å². The predicted molar refractivity (Wildman–Crippen MR) is 111 cm³/mol. The second-order valence-corrected chi connectivity index (χ2v) is 7.94. The Balaban J connectivity index is 1.23. The molecule has 2 unspecified atom stereocenters. The van der Waals surface area contributed by atoms with Gasteiger partial charge in [-0.15, -0.1) is 0 Å². The third-order valence-electron chi connectivity index (χ3n) is 5.87. The zero-order chi connectivity index (χ0) is 21.4. The minimum Gasteiger partial charge on any atom is -0.480 e. The summed E-state index contributed by atoms with van der Waals surface area (Å²) in [4.78, 5) is 31.9. The zero-order valence-electron chi connectivity index (χ0n) is 17.3. The number of carbonyl (C=O) groups is 2. The van der Waals surface area contributed by atoms with Gasteiger partial charge in [0.1, 0.15) is 17.3 Å². The maximum atomic E-state index is 13.2. The van der Waals surface area contributed by atoms with Gasteiger partial charge in [0.05, 0.1) is 31.0 Å². The molecule has 0 aliphatic carbocycles. The van der Waals surface area contributed by atoms with Crippen molar-refractivity contribution in [2.75, 3.05) is 6.54 Å². The lowest BCUT2D eigenvalue weighted by Gasteiger charge is -2.35. The van der Waals surface area contributed by atoms with E-state index in [1.807, 2.05) is 52.9 Å². The van der Waals surface area contributed by atoms with Crippen LogP contribution in [-0.4, -0.2) is 38.9 Å². The highest BCUT2D eigenvalue weighted by Crippen LogP contribution is 2.32. The molecule has 2 aromatic heterocycles. The maximum absolute atomic E-state index is 13.2. The number of imidazole rings is 1. The fourth-order valence-electron chi connectivity index (χ4n) is 4.26. The summed E-state index contributed by atoms with van der Waals surface area (Å²) < 4.78 is 13.2. The van der Waals surface area contributed by atoms with E-state index in [1.165, 1.54) is 0 Å². The number of para-hydroxylation sites is 1. The molecule has 0 fully saturated rings. The summed E-state index contributed by atoms with van der Waals surface area (Å²) in [5, 5.41) is 2.83. The SMILES string of the molecule is CC1c2nc(CC(=O)NCc3ccco3)cn2CCN1C(=O)C1Cc2ccccc2O1. The highest BCUT2D eigenvalue weighted by Gasteiger charge is 2.37. The van der Waals surface area contributed by atoms with E-state index in [2.05, 4.69) is 10.3 Å². The van der Waals surface area contributed by atoms with Gasteiger partial charge in [0, 0.05) is 25.7 Å². The number of nitrogens with zero attached hydrogens (tertiary/aromatic N) is 3. The Morgan fingerprint density at radius 1 is 1.19 bits per heavy atom. The number of nitrogens with one attached hydrogen (secondary N) is 1. The van der Waals surface area contributed by atoms with Crippen LogP contribution >= 0.6 is 0 Å². The van der Waals surface area contributed by atoms with Crippen molar-refractivity contribution >= 4 is 11.8 Å². The number of ether oxygens (including phenoxy) is 1. The summed E-state index contributed by atoms with van der Waals surface area (Å²) >= 11 is 0. The van der Waals surface area contributed by atoms with Crippen LogP contribution in [0.2, 0.25) is 0 Å². The fraction of sp³-hybridized carbons (Fsp3) is 0.348. The van der Waals surface area contributed by atoms with Crippen molar-refractivity contribution in [1.29, 1.82) is 0 Å². The van der Waals surface area contributed by atoms with Crippen LogP contribution in [0, 0.1) is 0 Å². The lowest BCUT2D eigenvalue weighted by Crippen LogP contribution is -2.47. The molecule has 3 aromatic rings. The van der Waals surface area contributed by atoms with E-state index in [0.717, 1.165) is 17.1 Å². The average Bonchev–Trinajstić information content (AvgIpc) is 3.51. The highest BCUT2D eigenvalue weighted by molar-refractivity contribution is 5.83. The number of aromatic nitrogens is 2. The van der Waals surface area contributed by atoms with Crippen molar-refractivity contribution in [3.05, 3.63) is 71.7 Å². The molecule has 0 bridgehead atoms. The first kappa shape index (κ1) is 19.4. The summed E-state index contributed by atoms with van der Waals surface area (Å²) in [7, 11) is 0. The number of furan rings is 1. The molecule has 2 atom stereocenters. The molecule has 0 saturated heterocycles. The van der Waals surface area contributed by atoms with Gasteiger partial charge in [-0.1, -0.05) is 18.2 Å². The number of fused-ring (bicyclic) bond motifs is 2. The zero-order valence-corrected chi connectivity index (χ0v) is 17.3. The minimum atomic E-state index is -0.492. The van der Waals surface area contributed by atoms with E-state index in [4.69, 9.17) is 9.15 Å². The van der Waals surface area contributed by atoms with Crippen LogP contribution < -0.4 is 10.1 Å². The lowest BCUT2D eigenvalue weighted by atomic mass is 10.1. The molecular weight excluding hydrogens is 396 g/mol. The van der Waals surface area contributed by atoms with Crippen LogP contribution in [0.1, 0.15) is 35.8 Å². The van der Waals surface area contributed by atoms with Crippen LogP contribution in [0.5, 0.6) is 5.75 Å². The Labute approximate surface area is 179 Å². The van der Waals surface area contributed by atoms with Crippen LogP contribution in [-0.2, 0) is 35.5 Å². The molecule has 2 aliphatic heterocycles. The largest absolute Gasteiger partial charge is 0.480 e. The summed E-state index contributed by atoms with van der Waals surface area (Å²) in [6.07, 6.45) is 3.76. The second kappa shape index (κ2) is 7.94. The predicted octanol–water partition coefficient (Wildman–Crippen LogP) is 2.24. The number of carbonyl (C=O) groups excluding carboxylic acids is 2. The summed E-state index contributed by atoms with van der Waals surface area (Å²) in [6.45, 7) is 3.55. The molecule has 1 N–H and O–H groups in total. The van der Waals surface area contributed by atoms with Gasteiger partial charge in [0.2, 0.25) is 5.91 Å². The van der Waals surface area contributed by atoms with Crippen molar-refractivity contribution in [1.82, 2.24) is 19.8 Å². The molecular formula is C23H24N4O4. The first-order valence-corrected chi connectivity index (χ1v) is 10.5. The normalized spacial score (nSPS) is 19.5. The topological polar surface area (TPSA) is 89.6 Å². The van der Waals surface area contributed by atoms with Crippen molar-refractivity contribution in [3.63, 3.8) is 0 Å². The molecule has 4 heterocycles. The third kappa shape index (κ3) is 3.81. The average molecular weight is 420 g/mol. The number of amides is 2. The Kier molecular flexibility index (Phi) is 4.97. The molecule has 2 aliphatic rings. The first-order chi connectivity index (χ1) is 15.1. The Morgan fingerprint density at radius 2 is 2.06 bits per heavy atom. The first-order valence-electron chi connectivity index (χ1n) is 10.5. The molecule has 31 heavy (non-hydrogen) atoms. The summed E-state index contributed by atoms with van der Waals surface area (Å²) in [6, 6.07) is 11.2. The van der Waals surface area contributed by atoms with Gasteiger partial charge in [-0.25, -0.2) is 4.98 Å². The van der Waals surface area contributed by atoms with Crippen molar-refractivity contribution < 1.29 is 18.7 Å². The van der Waals surface area contributed by atoms with Crippen molar-refractivity contribution in [2.24, 2.45) is 0 Å². The molecule has 1 aromatic carbocycles. The molecule has 0 spiro atoms. The molecule has 2 amide bonds. The quantitative estimate of drug-likeness (QED) is 0.684. The number of benzene rings is 1. The van der Waals surface area contributed by atoms with Crippen LogP contribution in [0.4, 0.5) is 0 Å². The summed E-state index contributed by atoms with van der Waals surface area (Å²) in [5.74, 6) is 2.15. The molecule has 8 nitrogen and oxygen atoms in total. The van der Waals surface area contributed by atoms with E-state index in [-0.39, 0.29) is 24.3 Å². The van der Waals surface area contributed by atoms with Crippen molar-refractivity contribution in [2.45, 2.75) is 45.0 Å².